The van der Waals surface area contributed by atoms with Crippen LogP contribution in [0, 0.1) is 0 Å². The summed E-state index contributed by atoms with van der Waals surface area (Å²) >= 11 is 0. The minimum absolute atomic E-state index is 0.0380. The van der Waals surface area contributed by atoms with Gasteiger partial charge >= 0.3 is 0 Å². The van der Waals surface area contributed by atoms with Crippen LogP contribution in [0.4, 0.5) is 0 Å². The second-order valence-electron chi connectivity index (χ2n) is 7.67. The molecule has 0 aliphatic carbocycles. The normalized spacial score (nSPS) is 13.6. The van der Waals surface area contributed by atoms with Crippen LogP contribution in [0.3, 0.4) is 0 Å². The van der Waals surface area contributed by atoms with E-state index in [1.807, 2.05) is 91.7 Å². The van der Waals surface area contributed by atoms with Gasteiger partial charge in [0, 0.05) is 18.2 Å². The zero-order chi connectivity index (χ0) is 21.4. The molecule has 0 saturated carbocycles. The number of hydrogen-bond acceptors (Lipinski definition) is 4. The van der Waals surface area contributed by atoms with Crippen molar-refractivity contribution in [2.45, 2.75) is 18.9 Å². The molecule has 4 aromatic rings. The summed E-state index contributed by atoms with van der Waals surface area (Å²) in [5.74, 6) is 1.11. The maximum Gasteiger partial charge on any atom is 0.235 e. The minimum Gasteiger partial charge on any atom is -0.457 e. The third-order valence-corrected chi connectivity index (χ3v) is 5.91. The molecule has 0 unspecified atom stereocenters. The van der Waals surface area contributed by atoms with Gasteiger partial charge in [-0.2, -0.15) is 5.10 Å². The molecule has 154 valence electrons. The summed E-state index contributed by atoms with van der Waals surface area (Å²) < 4.78 is 7.75. The monoisotopic (exact) mass is 410 g/mol. The van der Waals surface area contributed by atoms with Crippen molar-refractivity contribution in [2.75, 3.05) is 7.05 Å². The molecule has 1 aliphatic rings. The number of nitrogens with zero attached hydrogens (tertiary/aromatic N) is 4. The molecule has 0 saturated heterocycles. The van der Waals surface area contributed by atoms with E-state index in [1.54, 1.807) is 11.0 Å². The third kappa shape index (κ3) is 3.36. The highest BCUT2D eigenvalue weighted by molar-refractivity contribution is 5.89. The van der Waals surface area contributed by atoms with Crippen LogP contribution >= 0.6 is 0 Å². The molecular formula is C25H22N4O2. The Morgan fingerprint density at radius 1 is 0.968 bits per heavy atom. The molecule has 1 aliphatic heterocycles. The van der Waals surface area contributed by atoms with Gasteiger partial charge in [0.1, 0.15) is 24.2 Å². The van der Waals surface area contributed by atoms with E-state index in [2.05, 4.69) is 10.1 Å². The molecule has 0 radical (unpaired) electrons. The maximum absolute atomic E-state index is 13.7. The molecule has 1 amide bonds. The molecule has 31 heavy (non-hydrogen) atoms. The van der Waals surface area contributed by atoms with Crippen LogP contribution in [0.15, 0.2) is 85.5 Å². The number of fused-ring (bicyclic) bond motifs is 2. The quantitative estimate of drug-likeness (QED) is 0.488. The first-order chi connectivity index (χ1) is 15.1. The van der Waals surface area contributed by atoms with Gasteiger partial charge in [0.2, 0.25) is 5.91 Å². The van der Waals surface area contributed by atoms with Gasteiger partial charge in [0.15, 0.2) is 0 Å². The number of likely N-dealkylation sites (N-methyl/N-ethyl adjacent to an activating group) is 1. The molecule has 3 aromatic carbocycles. The van der Waals surface area contributed by atoms with Gasteiger partial charge in [-0.15, -0.1) is 0 Å². The second kappa shape index (κ2) is 7.72. The van der Waals surface area contributed by atoms with E-state index < -0.39 is 5.92 Å². The Morgan fingerprint density at radius 2 is 1.58 bits per heavy atom. The Balaban J connectivity index is 1.45. The van der Waals surface area contributed by atoms with E-state index in [9.17, 15) is 4.79 Å². The van der Waals surface area contributed by atoms with Crippen molar-refractivity contribution in [1.82, 2.24) is 19.7 Å². The van der Waals surface area contributed by atoms with Gasteiger partial charge in [-0.3, -0.25) is 4.79 Å². The predicted molar refractivity (Wildman–Crippen MR) is 117 cm³/mol. The van der Waals surface area contributed by atoms with Crippen LogP contribution in [0.2, 0.25) is 0 Å². The molecule has 0 fully saturated rings. The largest absolute Gasteiger partial charge is 0.457 e. The van der Waals surface area contributed by atoms with Gasteiger partial charge in [-0.25, -0.2) is 9.67 Å². The summed E-state index contributed by atoms with van der Waals surface area (Å²) in [6.45, 7) is 2.04. The first kappa shape index (κ1) is 19.1. The van der Waals surface area contributed by atoms with Gasteiger partial charge < -0.3 is 9.64 Å². The number of carbonyl (C=O) groups excluding carboxylic acids is 1. The topological polar surface area (TPSA) is 60.2 Å². The summed E-state index contributed by atoms with van der Waals surface area (Å²) in [7, 11) is 1.86. The van der Waals surface area contributed by atoms with E-state index >= 15 is 0 Å². The molecular weight excluding hydrogens is 388 g/mol. The highest BCUT2D eigenvalue weighted by Crippen LogP contribution is 2.45. The average Bonchev–Trinajstić information content (AvgIpc) is 3.36. The Bertz CT molecular complexity index is 1170. The fraction of sp³-hybridized carbons (Fsp3) is 0.160. The predicted octanol–water partition coefficient (Wildman–Crippen LogP) is 4.72. The molecule has 0 spiro atoms. The van der Waals surface area contributed by atoms with E-state index in [-0.39, 0.29) is 11.9 Å². The van der Waals surface area contributed by atoms with E-state index in [4.69, 9.17) is 4.74 Å². The number of rotatable bonds is 4. The molecule has 0 N–H and O–H groups in total. The summed E-state index contributed by atoms with van der Waals surface area (Å²) in [5, 5.41) is 4.16. The summed E-state index contributed by atoms with van der Waals surface area (Å²) in [6.07, 6.45) is 3.17. The van der Waals surface area contributed by atoms with Crippen molar-refractivity contribution in [2.24, 2.45) is 0 Å². The van der Waals surface area contributed by atoms with Crippen molar-refractivity contribution in [3.05, 3.63) is 102 Å². The number of carbonyl (C=O) groups is 1. The smallest absolute Gasteiger partial charge is 0.235 e. The first-order valence-electron chi connectivity index (χ1n) is 10.2. The van der Waals surface area contributed by atoms with Gasteiger partial charge in [-0.05, 0) is 36.8 Å². The number of hydrogen-bond donors (Lipinski definition) is 0. The maximum atomic E-state index is 13.7. The van der Waals surface area contributed by atoms with Crippen LogP contribution in [0.5, 0.6) is 11.5 Å². The number of amides is 1. The zero-order valence-corrected chi connectivity index (χ0v) is 17.3. The minimum atomic E-state index is -0.400. The highest BCUT2D eigenvalue weighted by atomic mass is 16.5. The average molecular weight is 410 g/mol. The number of para-hydroxylation sites is 2. The Hall–Kier alpha value is -3.93. The Morgan fingerprint density at radius 3 is 2.16 bits per heavy atom. The standard InChI is InChI=1S/C25H22N4O2/c1-17(18-11-13-19(14-12-18)29-16-26-15-27-29)28(2)25(30)24-20-7-3-5-9-22(20)31-23-10-6-4-8-21(23)24/h3-17,24H,1-2H3/t17-/m1/s1. The lowest BCUT2D eigenvalue weighted by molar-refractivity contribution is -0.132. The van der Waals surface area contributed by atoms with Gasteiger partial charge in [0.05, 0.1) is 17.6 Å². The number of ether oxygens (including phenoxy) is 1. The number of benzene rings is 3. The lowest BCUT2D eigenvalue weighted by Gasteiger charge is -2.33. The molecule has 6 heteroatoms. The Kier molecular flexibility index (Phi) is 4.75. The SMILES string of the molecule is C[C@H](c1ccc(-n2cncn2)cc1)N(C)C(=O)C1c2ccccc2Oc2ccccc21. The van der Waals surface area contributed by atoms with E-state index in [1.165, 1.54) is 6.33 Å². The molecule has 6 nitrogen and oxygen atoms in total. The van der Waals surface area contributed by atoms with Crippen LogP contribution in [0.1, 0.15) is 35.6 Å². The summed E-state index contributed by atoms with van der Waals surface area (Å²) in [6, 6.07) is 23.4. The van der Waals surface area contributed by atoms with Crippen LogP contribution in [-0.2, 0) is 4.79 Å². The number of aromatic nitrogens is 3. The van der Waals surface area contributed by atoms with Gasteiger partial charge in [-0.1, -0.05) is 48.5 Å². The van der Waals surface area contributed by atoms with Crippen molar-refractivity contribution >= 4 is 5.91 Å². The molecule has 1 aromatic heterocycles. The van der Waals surface area contributed by atoms with Crippen molar-refractivity contribution in [3.8, 4) is 17.2 Å². The fourth-order valence-corrected chi connectivity index (χ4v) is 4.04. The molecule has 5 rings (SSSR count). The molecule has 0 bridgehead atoms. The fourth-order valence-electron chi connectivity index (χ4n) is 4.04. The lowest BCUT2D eigenvalue weighted by Crippen LogP contribution is -2.35. The first-order valence-corrected chi connectivity index (χ1v) is 10.2. The van der Waals surface area contributed by atoms with Crippen LogP contribution in [0.25, 0.3) is 5.69 Å². The highest BCUT2D eigenvalue weighted by Gasteiger charge is 2.35. The lowest BCUT2D eigenvalue weighted by atomic mass is 9.86. The van der Waals surface area contributed by atoms with E-state index in [0.717, 1.165) is 33.9 Å². The van der Waals surface area contributed by atoms with Crippen LogP contribution < -0.4 is 4.74 Å². The second-order valence-corrected chi connectivity index (χ2v) is 7.67. The third-order valence-electron chi connectivity index (χ3n) is 5.91. The van der Waals surface area contributed by atoms with Crippen molar-refractivity contribution < 1.29 is 9.53 Å². The molecule has 2 heterocycles. The van der Waals surface area contributed by atoms with Crippen LogP contribution in [-0.4, -0.2) is 32.6 Å². The van der Waals surface area contributed by atoms with Crippen molar-refractivity contribution in [3.63, 3.8) is 0 Å². The van der Waals surface area contributed by atoms with E-state index in [0.29, 0.717) is 0 Å². The summed E-state index contributed by atoms with van der Waals surface area (Å²) in [4.78, 5) is 19.5. The zero-order valence-electron chi connectivity index (χ0n) is 17.3. The Labute approximate surface area is 180 Å². The summed E-state index contributed by atoms with van der Waals surface area (Å²) in [5.41, 5.74) is 3.77. The molecule has 1 atom stereocenters. The van der Waals surface area contributed by atoms with Crippen molar-refractivity contribution in [1.29, 1.82) is 0 Å². The van der Waals surface area contributed by atoms with Gasteiger partial charge in [0.25, 0.3) is 0 Å².